The van der Waals surface area contributed by atoms with Crippen LogP contribution in [0.5, 0.6) is 0 Å². The predicted molar refractivity (Wildman–Crippen MR) is 273 cm³/mol. The molecule has 1 radical (unpaired) electrons. The topological polar surface area (TPSA) is 390 Å². The number of benzene rings is 3. The van der Waals surface area contributed by atoms with Crippen LogP contribution < -0.4 is 26.6 Å². The predicted octanol–water partition coefficient (Wildman–Crippen LogP) is -1.56. The smallest absolute Gasteiger partial charge is 0.394 e. The fraction of sp³-hybridized carbons (Fsp3) is 0.429. The number of carbonyl (C=O) groups excluding carboxylic acids is 6. The Hall–Kier alpha value is -2.69. The van der Waals surface area contributed by atoms with E-state index in [4.69, 9.17) is 9.47 Å². The van der Waals surface area contributed by atoms with Crippen LogP contribution >= 0.6 is 67.8 Å². The summed E-state index contributed by atoms with van der Waals surface area (Å²) in [5.41, 5.74) is 0.258. The molecule has 0 spiro atoms. The van der Waals surface area contributed by atoms with Crippen LogP contribution in [0.25, 0.3) is 0 Å². The molecule has 15 N–H and O–H groups in total. The van der Waals surface area contributed by atoms with Gasteiger partial charge in [-0.05, 0) is 116 Å². The van der Waals surface area contributed by atoms with Gasteiger partial charge in [-0.2, -0.15) is 0 Å². The zero-order valence-corrected chi connectivity index (χ0v) is 46.2. The molecule has 0 aliphatic heterocycles. The van der Waals surface area contributed by atoms with Crippen molar-refractivity contribution in [2.45, 2.75) is 43.8 Å². The average molecular weight is 1480 g/mol. The molecule has 6 atom stereocenters. The molecule has 3 aromatic rings. The van der Waals surface area contributed by atoms with Crippen LogP contribution in [0.3, 0.4) is 0 Å². The minimum Gasteiger partial charge on any atom is -0.394 e. The van der Waals surface area contributed by atoms with E-state index in [1.165, 1.54) is 31.2 Å². The Kier molecular flexibility index (Phi) is 29.6. The molecule has 0 saturated heterocycles. The molecule has 0 heterocycles. The number of aliphatic hydroxyl groups excluding tert-OH is 10. The number of halogens is 3. The molecule has 7 amide bonds. The molecular weight excluding hydrogens is 1430 g/mol. The molecular formula is C42H54GdI3N7O18+3. The first-order valence-corrected chi connectivity index (χ1v) is 24.1. The number of anilines is 4. The van der Waals surface area contributed by atoms with Crippen LogP contribution in [0.15, 0.2) is 48.5 Å². The van der Waals surface area contributed by atoms with E-state index in [1.807, 2.05) is 0 Å². The summed E-state index contributed by atoms with van der Waals surface area (Å²) in [6.45, 7) is -4.45. The van der Waals surface area contributed by atoms with Crippen LogP contribution in [0.1, 0.15) is 38.0 Å². The van der Waals surface area contributed by atoms with E-state index in [0.717, 1.165) is 0 Å². The van der Waals surface area contributed by atoms with Crippen molar-refractivity contribution in [3.63, 3.8) is 0 Å². The Labute approximate surface area is 479 Å². The first kappa shape index (κ1) is 64.4. The van der Waals surface area contributed by atoms with Crippen molar-refractivity contribution in [2.24, 2.45) is 0 Å². The van der Waals surface area contributed by atoms with Gasteiger partial charge in [0.1, 0.15) is 24.4 Å². The van der Waals surface area contributed by atoms with Crippen LogP contribution in [0.2, 0.25) is 0 Å². The third-order valence-electron chi connectivity index (χ3n) is 9.64. The molecule has 0 fully saturated rings. The standard InChI is InChI=1S/C42H54I3N7O18.Gd/c1-21(57)47-23-6-8-25(9-7-23)49-42(68)48-24-4-2-22(3-5-24)37(63)46-18-28(60)50-34-32(44)29(38(64)51(10-14-69-16-12-53)40(66)35(61)26(58)19-55)31(43)30(33(34)45)39(65)52(11-15-70-17-13-54)41(67)36(62)27(59)20-56;/h2-9,26-27,35-36,40-41,53-56,58-59,61-62,66-67H,10-20H2,1H3,(H,46,63)(H,47,57)(H,50,60)(H2,48,49,68);/q;+3. The van der Waals surface area contributed by atoms with Crippen molar-refractivity contribution in [1.29, 1.82) is 0 Å². The number of carbonyl (C=O) groups is 6. The molecule has 29 heteroatoms. The molecule has 391 valence electrons. The summed E-state index contributed by atoms with van der Waals surface area (Å²) < 4.78 is 10.2. The average Bonchev–Trinajstić information content (AvgIpc) is 3.33. The minimum absolute atomic E-state index is 0. The second-order valence-electron chi connectivity index (χ2n) is 14.7. The molecule has 0 saturated carbocycles. The number of urea groups is 1. The van der Waals surface area contributed by atoms with Crippen LogP contribution in [0.4, 0.5) is 27.5 Å². The van der Waals surface area contributed by atoms with E-state index in [2.05, 4.69) is 26.6 Å². The largest absolute Gasteiger partial charge is 3.00 e. The summed E-state index contributed by atoms with van der Waals surface area (Å²) in [7, 11) is 0. The van der Waals surface area contributed by atoms with Gasteiger partial charge in [0, 0.05) is 46.2 Å². The maximum Gasteiger partial charge on any atom is 3.00 e. The summed E-state index contributed by atoms with van der Waals surface area (Å²) in [6, 6.07) is 11.3. The first-order chi connectivity index (χ1) is 33.2. The van der Waals surface area contributed by atoms with Crippen molar-refractivity contribution in [1.82, 2.24) is 15.1 Å². The second kappa shape index (κ2) is 32.6. The van der Waals surface area contributed by atoms with Gasteiger partial charge in [0.05, 0.1) is 83.4 Å². The van der Waals surface area contributed by atoms with E-state index < -0.39 is 124 Å². The van der Waals surface area contributed by atoms with Crippen molar-refractivity contribution < 1.29 is 129 Å². The van der Waals surface area contributed by atoms with Gasteiger partial charge < -0.3 is 96.9 Å². The molecule has 6 unspecified atom stereocenters. The fourth-order valence-electron chi connectivity index (χ4n) is 6.07. The summed E-state index contributed by atoms with van der Waals surface area (Å²) in [6.07, 6.45) is -12.7. The zero-order valence-electron chi connectivity index (χ0n) is 37.5. The monoisotopic (exact) mass is 1480 g/mol. The molecule has 0 bridgehead atoms. The normalized spacial score (nSPS) is 13.5. The SMILES string of the molecule is CC(=O)Nc1ccc(NC(=O)Nc2ccc(C(=O)NCC(=O)Nc3c(I)c(C(=O)N(CCOCCO)C(O)C(O)C(O)CO)c(I)c(C(=O)N(CCOCCO)C(O)C(O)C(O)CO)c3I)cc2)cc1.[Gd+3]. The summed E-state index contributed by atoms with van der Waals surface area (Å²) in [5.74, 6) is -4.20. The van der Waals surface area contributed by atoms with Gasteiger partial charge in [-0.3, -0.25) is 24.0 Å². The van der Waals surface area contributed by atoms with E-state index in [-0.39, 0.29) is 94.2 Å². The Morgan fingerprint density at radius 3 is 1.35 bits per heavy atom. The van der Waals surface area contributed by atoms with Crippen molar-refractivity contribution in [3.8, 4) is 0 Å². The maximum atomic E-state index is 14.7. The Balaban J connectivity index is 0.0000173. The summed E-state index contributed by atoms with van der Waals surface area (Å²) in [4.78, 5) is 81.3. The number of nitrogens with one attached hydrogen (secondary N) is 5. The van der Waals surface area contributed by atoms with Crippen molar-refractivity contribution >= 4 is 126 Å². The second-order valence-corrected chi connectivity index (χ2v) is 17.9. The summed E-state index contributed by atoms with van der Waals surface area (Å²) in [5, 5.41) is 114. The van der Waals surface area contributed by atoms with Gasteiger partial charge in [-0.25, -0.2) is 4.79 Å². The first-order valence-electron chi connectivity index (χ1n) is 20.9. The van der Waals surface area contributed by atoms with E-state index >= 15 is 0 Å². The van der Waals surface area contributed by atoms with Gasteiger partial charge >= 0.3 is 46.0 Å². The minimum atomic E-state index is -2.24. The van der Waals surface area contributed by atoms with Crippen LogP contribution in [0, 0.1) is 50.7 Å². The number of ether oxygens (including phenoxy) is 2. The zero-order chi connectivity index (χ0) is 52.2. The fourth-order valence-corrected chi connectivity index (χ4v) is 10.4. The number of rotatable bonds is 27. The van der Waals surface area contributed by atoms with Gasteiger partial charge in [0.2, 0.25) is 11.8 Å². The van der Waals surface area contributed by atoms with E-state index in [9.17, 15) is 79.8 Å². The van der Waals surface area contributed by atoms with Crippen molar-refractivity contribution in [3.05, 3.63) is 75.9 Å². The molecule has 0 aliphatic rings. The van der Waals surface area contributed by atoms with E-state index in [1.54, 1.807) is 92.0 Å². The molecule has 71 heavy (non-hydrogen) atoms. The number of amides is 7. The van der Waals surface area contributed by atoms with Crippen LogP contribution in [-0.2, 0) is 19.1 Å². The number of hydrogen-bond acceptors (Lipinski definition) is 18. The molecule has 25 nitrogen and oxygen atoms in total. The van der Waals surface area contributed by atoms with Crippen molar-refractivity contribution in [2.75, 3.05) is 93.8 Å². The number of hydrogen-bond donors (Lipinski definition) is 15. The number of nitrogens with zero attached hydrogens (tertiary/aromatic N) is 2. The van der Waals surface area contributed by atoms with Gasteiger partial charge in [0.15, 0.2) is 12.5 Å². The summed E-state index contributed by atoms with van der Waals surface area (Å²) >= 11 is 4.93. The Morgan fingerprint density at radius 2 is 0.972 bits per heavy atom. The quantitative estimate of drug-likeness (QED) is 0.0233. The third-order valence-corrected chi connectivity index (χ3v) is 12.9. The third kappa shape index (κ3) is 19.2. The number of aliphatic hydroxyl groups is 10. The van der Waals surface area contributed by atoms with Gasteiger partial charge in [0.25, 0.3) is 17.7 Å². The molecule has 0 aromatic heterocycles. The Bertz CT molecular complexity index is 2180. The molecule has 0 aliphatic carbocycles. The van der Waals surface area contributed by atoms with Gasteiger partial charge in [-0.1, -0.05) is 0 Å². The van der Waals surface area contributed by atoms with Gasteiger partial charge in [-0.15, -0.1) is 0 Å². The molecule has 3 aromatic carbocycles. The Morgan fingerprint density at radius 1 is 0.577 bits per heavy atom. The van der Waals surface area contributed by atoms with E-state index in [0.29, 0.717) is 26.9 Å². The molecule has 3 rings (SSSR count). The maximum absolute atomic E-state index is 14.7. The van der Waals surface area contributed by atoms with Crippen LogP contribution in [-0.4, -0.2) is 206 Å².